The Kier molecular flexibility index (Phi) is 7.78. The summed E-state index contributed by atoms with van der Waals surface area (Å²) in [7, 11) is 0. The molecule has 0 bridgehead atoms. The minimum Gasteiger partial charge on any atom is -0.465 e. The van der Waals surface area contributed by atoms with Crippen LogP contribution in [0, 0.1) is 6.92 Å². The highest BCUT2D eigenvalue weighted by atomic mass is 16.5. The molecule has 0 unspecified atom stereocenters. The molecule has 3 heteroatoms. The minimum absolute atomic E-state index is 0.674. The maximum absolute atomic E-state index is 5.68. The number of unbranched alkanes of at least 4 members (excludes halogenated alkanes) is 3. The molecule has 0 aliphatic carbocycles. The van der Waals surface area contributed by atoms with Gasteiger partial charge in [-0.25, -0.2) is 0 Å². The third-order valence-electron chi connectivity index (χ3n) is 3.02. The number of rotatable bonds is 10. The lowest BCUT2D eigenvalue weighted by Crippen LogP contribution is -2.10. The van der Waals surface area contributed by atoms with Crippen LogP contribution in [0.4, 0.5) is 0 Å². The monoisotopic (exact) mass is 253 g/mol. The lowest BCUT2D eigenvalue weighted by Gasteiger charge is -2.02. The van der Waals surface area contributed by atoms with E-state index in [0.29, 0.717) is 6.61 Å². The fourth-order valence-corrected chi connectivity index (χ4v) is 1.88. The van der Waals surface area contributed by atoms with Crippen molar-refractivity contribution in [2.75, 3.05) is 13.2 Å². The van der Waals surface area contributed by atoms with Crippen LogP contribution in [0.25, 0.3) is 0 Å². The maximum Gasteiger partial charge on any atom is 0.118 e. The zero-order valence-electron chi connectivity index (χ0n) is 12.1. The largest absolute Gasteiger partial charge is 0.465 e. The Labute approximate surface area is 111 Å². The zero-order chi connectivity index (χ0) is 13.2. The summed E-state index contributed by atoms with van der Waals surface area (Å²) in [5, 5.41) is 3.26. The van der Waals surface area contributed by atoms with Crippen LogP contribution in [-0.2, 0) is 17.9 Å². The molecule has 104 valence electrons. The fourth-order valence-electron chi connectivity index (χ4n) is 1.88. The minimum atomic E-state index is 0.674. The van der Waals surface area contributed by atoms with Crippen LogP contribution in [0.1, 0.15) is 56.6 Å². The predicted molar refractivity (Wildman–Crippen MR) is 74.6 cm³/mol. The number of ether oxygens (including phenoxy) is 1. The third kappa shape index (κ3) is 5.69. The molecule has 0 spiro atoms. The molecule has 0 aliphatic heterocycles. The first-order chi connectivity index (χ1) is 8.77. The maximum atomic E-state index is 5.68. The number of nitrogens with one attached hydrogen (secondary N) is 1. The fraction of sp³-hybridized carbons (Fsp3) is 0.733. The first kappa shape index (κ1) is 15.3. The van der Waals surface area contributed by atoms with Gasteiger partial charge in [-0.05, 0) is 26.0 Å². The van der Waals surface area contributed by atoms with E-state index in [2.05, 4.69) is 25.2 Å². The van der Waals surface area contributed by atoms with Gasteiger partial charge in [-0.2, -0.15) is 0 Å². The van der Waals surface area contributed by atoms with Gasteiger partial charge in [0.2, 0.25) is 0 Å². The van der Waals surface area contributed by atoms with Crippen molar-refractivity contribution in [3.8, 4) is 0 Å². The van der Waals surface area contributed by atoms with Crippen LogP contribution in [0.2, 0.25) is 0 Å². The SMILES string of the molecule is CCCCCCOCc1cc(CNCC)oc1C. The van der Waals surface area contributed by atoms with Crippen molar-refractivity contribution in [3.63, 3.8) is 0 Å². The van der Waals surface area contributed by atoms with E-state index in [4.69, 9.17) is 9.15 Å². The van der Waals surface area contributed by atoms with Crippen molar-refractivity contribution in [1.29, 1.82) is 0 Å². The highest BCUT2D eigenvalue weighted by molar-refractivity contribution is 5.19. The quantitative estimate of drug-likeness (QED) is 0.644. The molecule has 3 nitrogen and oxygen atoms in total. The van der Waals surface area contributed by atoms with Gasteiger partial charge in [0.25, 0.3) is 0 Å². The molecule has 1 N–H and O–H groups in total. The van der Waals surface area contributed by atoms with E-state index in [-0.39, 0.29) is 0 Å². The molecular formula is C15H27NO2. The molecule has 0 saturated heterocycles. The van der Waals surface area contributed by atoms with Crippen molar-refractivity contribution in [1.82, 2.24) is 5.32 Å². The van der Waals surface area contributed by atoms with Crippen molar-refractivity contribution in [2.24, 2.45) is 0 Å². The molecule has 0 fully saturated rings. The molecule has 0 aliphatic rings. The summed E-state index contributed by atoms with van der Waals surface area (Å²) in [6, 6.07) is 2.10. The molecule has 0 aromatic carbocycles. The zero-order valence-corrected chi connectivity index (χ0v) is 12.1. The second-order valence-corrected chi connectivity index (χ2v) is 4.69. The van der Waals surface area contributed by atoms with E-state index in [1.54, 1.807) is 0 Å². The average Bonchev–Trinajstić information content (AvgIpc) is 2.72. The van der Waals surface area contributed by atoms with Crippen molar-refractivity contribution in [3.05, 3.63) is 23.2 Å². The normalized spacial score (nSPS) is 11.1. The molecule has 1 aromatic rings. The molecule has 1 aromatic heterocycles. The van der Waals surface area contributed by atoms with Gasteiger partial charge in [0.15, 0.2) is 0 Å². The van der Waals surface area contributed by atoms with Crippen LogP contribution in [0.5, 0.6) is 0 Å². The Bertz CT molecular complexity index is 320. The molecule has 1 rings (SSSR count). The molecular weight excluding hydrogens is 226 g/mol. The highest BCUT2D eigenvalue weighted by Crippen LogP contribution is 2.15. The second-order valence-electron chi connectivity index (χ2n) is 4.69. The summed E-state index contributed by atoms with van der Waals surface area (Å²) in [4.78, 5) is 0. The second kappa shape index (κ2) is 9.17. The van der Waals surface area contributed by atoms with Gasteiger partial charge in [0.1, 0.15) is 11.5 Å². The number of aryl methyl sites for hydroxylation is 1. The first-order valence-corrected chi connectivity index (χ1v) is 7.14. The lowest BCUT2D eigenvalue weighted by atomic mass is 10.2. The van der Waals surface area contributed by atoms with Crippen LogP contribution < -0.4 is 5.32 Å². The van der Waals surface area contributed by atoms with Crippen molar-refractivity contribution in [2.45, 2.75) is 59.6 Å². The van der Waals surface area contributed by atoms with E-state index >= 15 is 0 Å². The van der Waals surface area contributed by atoms with Gasteiger partial charge in [-0.1, -0.05) is 33.1 Å². The standard InChI is InChI=1S/C15H27NO2/c1-4-6-7-8-9-17-12-14-10-15(11-16-5-2)18-13(14)3/h10,16H,4-9,11-12H2,1-3H3. The molecule has 18 heavy (non-hydrogen) atoms. The summed E-state index contributed by atoms with van der Waals surface area (Å²) in [5.41, 5.74) is 1.18. The Morgan fingerprint density at radius 3 is 2.78 bits per heavy atom. The Morgan fingerprint density at radius 1 is 1.22 bits per heavy atom. The van der Waals surface area contributed by atoms with Gasteiger partial charge >= 0.3 is 0 Å². The van der Waals surface area contributed by atoms with Crippen LogP contribution in [0.3, 0.4) is 0 Å². The Balaban J connectivity index is 2.22. The molecule has 0 saturated carbocycles. The Morgan fingerprint density at radius 2 is 2.06 bits per heavy atom. The third-order valence-corrected chi connectivity index (χ3v) is 3.02. The van der Waals surface area contributed by atoms with E-state index in [1.165, 1.54) is 24.8 Å². The van der Waals surface area contributed by atoms with Gasteiger partial charge in [0.05, 0.1) is 13.2 Å². The summed E-state index contributed by atoms with van der Waals surface area (Å²) in [6.07, 6.45) is 5.01. The lowest BCUT2D eigenvalue weighted by molar-refractivity contribution is 0.116. The number of furan rings is 1. The molecule has 1 heterocycles. The number of hydrogen-bond donors (Lipinski definition) is 1. The highest BCUT2D eigenvalue weighted by Gasteiger charge is 2.06. The topological polar surface area (TPSA) is 34.4 Å². The summed E-state index contributed by atoms with van der Waals surface area (Å²) < 4.78 is 11.4. The van der Waals surface area contributed by atoms with Crippen LogP contribution in [0.15, 0.2) is 10.5 Å². The smallest absolute Gasteiger partial charge is 0.118 e. The van der Waals surface area contributed by atoms with E-state index < -0.39 is 0 Å². The molecule has 0 amide bonds. The van der Waals surface area contributed by atoms with Crippen molar-refractivity contribution < 1.29 is 9.15 Å². The summed E-state index contributed by atoms with van der Waals surface area (Å²) >= 11 is 0. The van der Waals surface area contributed by atoms with E-state index in [0.717, 1.165) is 37.6 Å². The van der Waals surface area contributed by atoms with Gasteiger partial charge in [-0.3, -0.25) is 0 Å². The van der Waals surface area contributed by atoms with E-state index in [9.17, 15) is 0 Å². The average molecular weight is 253 g/mol. The van der Waals surface area contributed by atoms with E-state index in [1.807, 2.05) is 6.92 Å². The van der Waals surface area contributed by atoms with Crippen LogP contribution >= 0.6 is 0 Å². The first-order valence-electron chi connectivity index (χ1n) is 7.14. The van der Waals surface area contributed by atoms with Gasteiger partial charge < -0.3 is 14.5 Å². The Hall–Kier alpha value is -0.800. The van der Waals surface area contributed by atoms with Gasteiger partial charge in [-0.15, -0.1) is 0 Å². The molecule has 0 radical (unpaired) electrons. The molecule has 0 atom stereocenters. The summed E-state index contributed by atoms with van der Waals surface area (Å²) in [6.45, 7) is 9.61. The van der Waals surface area contributed by atoms with Crippen molar-refractivity contribution >= 4 is 0 Å². The van der Waals surface area contributed by atoms with Crippen LogP contribution in [-0.4, -0.2) is 13.2 Å². The van der Waals surface area contributed by atoms with Gasteiger partial charge in [0, 0.05) is 12.2 Å². The number of hydrogen-bond acceptors (Lipinski definition) is 3. The predicted octanol–water partition coefficient (Wildman–Crippen LogP) is 3.79. The summed E-state index contributed by atoms with van der Waals surface area (Å²) in [5.74, 6) is 1.98.